The summed E-state index contributed by atoms with van der Waals surface area (Å²) in [5.74, 6) is -2.57. The normalized spacial score (nSPS) is 18.6. The first-order valence-corrected chi connectivity index (χ1v) is 15.4. The first-order chi connectivity index (χ1) is 22.8. The summed E-state index contributed by atoms with van der Waals surface area (Å²) in [6.45, 7) is 4.64. The minimum atomic E-state index is -1.10. The number of carbonyl (C=O) groups excluding carboxylic acids is 2. The van der Waals surface area contributed by atoms with E-state index in [1.807, 2.05) is 13.0 Å². The van der Waals surface area contributed by atoms with Gasteiger partial charge < -0.3 is 30.3 Å². The summed E-state index contributed by atoms with van der Waals surface area (Å²) >= 11 is 0. The maximum absolute atomic E-state index is 15.1. The maximum atomic E-state index is 15.1. The number of piperazine rings is 1. The Morgan fingerprint density at radius 3 is 2.66 bits per heavy atom. The second-order valence-electron chi connectivity index (χ2n) is 11.5. The van der Waals surface area contributed by atoms with Crippen LogP contribution < -0.4 is 15.4 Å². The van der Waals surface area contributed by atoms with Crippen molar-refractivity contribution >= 4 is 35.2 Å². The second kappa shape index (κ2) is 13.8. The summed E-state index contributed by atoms with van der Waals surface area (Å²) in [6.07, 6.45) is 5.93. The van der Waals surface area contributed by atoms with Crippen molar-refractivity contribution in [2.75, 3.05) is 58.2 Å². The summed E-state index contributed by atoms with van der Waals surface area (Å²) in [7, 11) is 1.56. The zero-order chi connectivity index (χ0) is 33.1. The fraction of sp³-hybridized carbons (Fsp3) is 0.364. The molecule has 2 aromatic heterocycles. The van der Waals surface area contributed by atoms with Gasteiger partial charge in [0.15, 0.2) is 23.0 Å². The summed E-state index contributed by atoms with van der Waals surface area (Å²) in [5, 5.41) is 16.6. The van der Waals surface area contributed by atoms with Gasteiger partial charge in [-0.15, -0.1) is 0 Å². The number of β-amino-alcohol motifs (C(OH)–C–C–N with tert-alkyl or cyclic N) is 1. The Kier molecular flexibility index (Phi) is 9.41. The van der Waals surface area contributed by atoms with Crippen LogP contribution in [0.1, 0.15) is 22.3 Å². The molecule has 2 atom stereocenters. The predicted molar refractivity (Wildman–Crippen MR) is 172 cm³/mol. The number of nitrogens with one attached hydrogen (secondary N) is 2. The number of anilines is 2. The largest absolute Gasteiger partial charge is 0.485 e. The third-order valence-electron chi connectivity index (χ3n) is 8.61. The standard InChI is InChI=1S/C33H36F2N8O4/c1-20-17-21(3-4-22(20)32(45)41-12-14-42(15-13-41)33(46)24-7-8-37-19-26(24)44)40-30-31-39-18-25(43(31)11-9-38-30)23-5-6-27(29(35)28(23)34)47-16-10-36-2/h3-6,9-11,17-18,24,26,37,44H,7-8,12-16,19H2,1-2H3,(H,38,40)/b36-10+/t24-,26-/m0/s1. The number of aliphatic hydroxyl groups is 1. The number of ether oxygens (including phenoxy) is 1. The summed E-state index contributed by atoms with van der Waals surface area (Å²) in [5.41, 5.74) is 2.69. The highest BCUT2D eigenvalue weighted by molar-refractivity contribution is 5.96. The number of hydrogen-bond acceptors (Lipinski definition) is 9. The number of aliphatic imine (C=N–C) groups is 1. The molecule has 0 bridgehead atoms. The van der Waals surface area contributed by atoms with Crippen LogP contribution >= 0.6 is 0 Å². The van der Waals surface area contributed by atoms with Gasteiger partial charge in [-0.25, -0.2) is 14.4 Å². The Balaban J connectivity index is 1.14. The monoisotopic (exact) mass is 646 g/mol. The summed E-state index contributed by atoms with van der Waals surface area (Å²) in [6, 6.07) is 8.14. The van der Waals surface area contributed by atoms with Gasteiger partial charge in [-0.05, 0) is 55.8 Å². The third-order valence-corrected chi connectivity index (χ3v) is 8.61. The van der Waals surface area contributed by atoms with Crippen molar-refractivity contribution in [2.45, 2.75) is 19.4 Å². The molecule has 14 heteroatoms. The van der Waals surface area contributed by atoms with Crippen LogP contribution in [0.2, 0.25) is 0 Å². The van der Waals surface area contributed by atoms with Crippen LogP contribution in [-0.4, -0.2) is 106 Å². The molecule has 2 aromatic carbocycles. The average molecular weight is 647 g/mol. The highest BCUT2D eigenvalue weighted by Gasteiger charge is 2.34. The lowest BCUT2D eigenvalue weighted by atomic mass is 9.93. The Morgan fingerprint density at radius 2 is 1.91 bits per heavy atom. The smallest absolute Gasteiger partial charge is 0.254 e. The van der Waals surface area contributed by atoms with Crippen LogP contribution in [0.3, 0.4) is 0 Å². The molecule has 12 nitrogen and oxygen atoms in total. The molecule has 2 saturated heterocycles. The predicted octanol–water partition coefficient (Wildman–Crippen LogP) is 3.06. The number of aromatic nitrogens is 3. The van der Waals surface area contributed by atoms with E-state index in [0.29, 0.717) is 74.1 Å². The number of piperidine rings is 1. The van der Waals surface area contributed by atoms with Gasteiger partial charge in [0.2, 0.25) is 11.7 Å². The molecule has 2 fully saturated rings. The van der Waals surface area contributed by atoms with Gasteiger partial charge in [-0.1, -0.05) is 0 Å². The van der Waals surface area contributed by atoms with Crippen molar-refractivity contribution in [3.05, 3.63) is 71.7 Å². The van der Waals surface area contributed by atoms with E-state index in [4.69, 9.17) is 4.74 Å². The molecule has 2 amide bonds. The quantitative estimate of drug-likeness (QED) is 0.249. The lowest BCUT2D eigenvalue weighted by Crippen LogP contribution is -2.55. The van der Waals surface area contributed by atoms with Crippen molar-refractivity contribution in [3.63, 3.8) is 0 Å². The highest BCUT2D eigenvalue weighted by Crippen LogP contribution is 2.32. The van der Waals surface area contributed by atoms with Crippen LogP contribution in [0.5, 0.6) is 5.75 Å². The van der Waals surface area contributed by atoms with Crippen LogP contribution in [0, 0.1) is 24.5 Å². The number of amides is 2. The van der Waals surface area contributed by atoms with Crippen molar-refractivity contribution < 1.29 is 28.2 Å². The molecule has 0 radical (unpaired) electrons. The molecule has 0 aliphatic carbocycles. The topological polar surface area (TPSA) is 137 Å². The van der Waals surface area contributed by atoms with Crippen LogP contribution in [-0.2, 0) is 4.79 Å². The first kappa shape index (κ1) is 32.0. The van der Waals surface area contributed by atoms with Gasteiger partial charge in [0.05, 0.1) is 23.9 Å². The number of halogens is 2. The minimum Gasteiger partial charge on any atom is -0.485 e. The van der Waals surface area contributed by atoms with E-state index in [0.717, 1.165) is 5.56 Å². The van der Waals surface area contributed by atoms with E-state index in [2.05, 4.69) is 25.6 Å². The van der Waals surface area contributed by atoms with Crippen LogP contribution in [0.4, 0.5) is 20.3 Å². The van der Waals surface area contributed by atoms with Crippen molar-refractivity contribution in [2.24, 2.45) is 10.9 Å². The summed E-state index contributed by atoms with van der Waals surface area (Å²) in [4.78, 5) is 42.5. The van der Waals surface area contributed by atoms with E-state index < -0.39 is 23.7 Å². The molecular formula is C33H36F2N8O4. The Bertz CT molecular complexity index is 1820. The maximum Gasteiger partial charge on any atom is 0.254 e. The average Bonchev–Trinajstić information content (AvgIpc) is 3.51. The SMILES string of the molecule is C/N=C/COc1ccc(-c2cnc3c(Nc4ccc(C(=O)N5CCN(C(=O)[C@H]6CCNC[C@@H]6O)CC5)c(C)c4)nccn23)c(F)c1F. The van der Waals surface area contributed by atoms with Crippen LogP contribution in [0.15, 0.2) is 53.9 Å². The van der Waals surface area contributed by atoms with Gasteiger partial charge in [0.25, 0.3) is 5.91 Å². The zero-order valence-electron chi connectivity index (χ0n) is 26.1. The number of nitrogens with zero attached hydrogens (tertiary/aromatic N) is 6. The van der Waals surface area contributed by atoms with E-state index in [1.165, 1.54) is 30.7 Å². The van der Waals surface area contributed by atoms with Crippen molar-refractivity contribution in [3.8, 4) is 17.0 Å². The Labute approximate surface area is 270 Å². The Hall–Kier alpha value is -4.95. The van der Waals surface area contributed by atoms with Crippen LogP contribution in [0.25, 0.3) is 16.9 Å². The van der Waals surface area contributed by atoms with Gasteiger partial charge >= 0.3 is 0 Å². The molecule has 6 rings (SSSR count). The number of rotatable bonds is 8. The number of benzene rings is 2. The van der Waals surface area contributed by atoms with E-state index >= 15 is 4.39 Å². The molecule has 2 aliphatic rings. The lowest BCUT2D eigenvalue weighted by Gasteiger charge is -2.38. The number of aliphatic hydroxyl groups excluding tert-OH is 1. The molecule has 0 unspecified atom stereocenters. The molecule has 246 valence electrons. The summed E-state index contributed by atoms with van der Waals surface area (Å²) < 4.78 is 36.8. The molecular weight excluding hydrogens is 610 g/mol. The molecule has 2 aliphatic heterocycles. The van der Waals surface area contributed by atoms with E-state index in [-0.39, 0.29) is 29.7 Å². The number of carbonyl (C=O) groups is 2. The van der Waals surface area contributed by atoms with Gasteiger partial charge in [-0.3, -0.25) is 19.0 Å². The zero-order valence-corrected chi connectivity index (χ0v) is 26.1. The number of aryl methyl sites for hydroxylation is 1. The molecule has 0 spiro atoms. The number of imidazole rings is 1. The second-order valence-corrected chi connectivity index (χ2v) is 11.5. The van der Waals surface area contributed by atoms with Crippen molar-refractivity contribution in [1.29, 1.82) is 0 Å². The fourth-order valence-corrected chi connectivity index (χ4v) is 6.03. The lowest BCUT2D eigenvalue weighted by molar-refractivity contribution is -0.141. The van der Waals surface area contributed by atoms with Gasteiger partial charge in [0, 0.05) is 75.2 Å². The van der Waals surface area contributed by atoms with E-state index in [1.54, 1.807) is 39.6 Å². The minimum absolute atomic E-state index is 0.0106. The molecule has 4 heterocycles. The molecule has 47 heavy (non-hydrogen) atoms. The molecule has 3 N–H and O–H groups in total. The third kappa shape index (κ3) is 6.51. The fourth-order valence-electron chi connectivity index (χ4n) is 6.03. The molecule has 4 aromatic rings. The van der Waals surface area contributed by atoms with Gasteiger partial charge in [-0.2, -0.15) is 4.39 Å². The van der Waals surface area contributed by atoms with E-state index in [9.17, 15) is 19.1 Å². The van der Waals surface area contributed by atoms with Crippen molar-refractivity contribution in [1.82, 2.24) is 29.5 Å². The number of hydrogen-bond donors (Lipinski definition) is 3. The van der Waals surface area contributed by atoms with Gasteiger partial charge in [0.1, 0.15) is 6.61 Å². The Morgan fingerprint density at radius 1 is 1.13 bits per heavy atom. The number of fused-ring (bicyclic) bond motifs is 1. The molecule has 0 saturated carbocycles. The first-order valence-electron chi connectivity index (χ1n) is 15.4. The highest BCUT2D eigenvalue weighted by atomic mass is 19.2.